The van der Waals surface area contributed by atoms with E-state index < -0.39 is 36.7 Å². The molecule has 0 spiro atoms. The number of likely N-dealkylation sites (tertiary alicyclic amines) is 1. The molecule has 2 aliphatic heterocycles. The monoisotopic (exact) mass is 446 g/mol. The van der Waals surface area contributed by atoms with Gasteiger partial charge in [0, 0.05) is 13.0 Å². The van der Waals surface area contributed by atoms with Crippen LogP contribution in [0.25, 0.3) is 0 Å². The van der Waals surface area contributed by atoms with Crippen molar-refractivity contribution >= 4 is 18.7 Å². The van der Waals surface area contributed by atoms with Gasteiger partial charge < -0.3 is 23.7 Å². The first-order chi connectivity index (χ1) is 15.1. The van der Waals surface area contributed by atoms with Crippen LogP contribution in [0.15, 0.2) is 18.2 Å². The van der Waals surface area contributed by atoms with Crippen LogP contribution in [0, 0.1) is 11.3 Å². The number of halogens is 1. The van der Waals surface area contributed by atoms with E-state index in [1.807, 2.05) is 34.6 Å². The number of unbranched alkanes of at least 4 members (excludes halogenated alkanes) is 1. The molecule has 0 saturated carbocycles. The second kappa shape index (κ2) is 9.68. The van der Waals surface area contributed by atoms with Gasteiger partial charge in [-0.05, 0) is 51.7 Å². The molecule has 2 heterocycles. The molecular weight excluding hydrogens is 414 g/mol. The Kier molecular flexibility index (Phi) is 7.36. The van der Waals surface area contributed by atoms with Crippen molar-refractivity contribution in [2.45, 2.75) is 77.4 Å². The van der Waals surface area contributed by atoms with Gasteiger partial charge in [0.15, 0.2) is 6.17 Å². The van der Waals surface area contributed by atoms with Crippen molar-refractivity contribution in [3.05, 3.63) is 23.8 Å². The molecule has 1 aromatic rings. The molecule has 1 amide bonds. The topological polar surface area (TPSA) is 81.0 Å². The lowest BCUT2D eigenvalue weighted by Crippen LogP contribution is -2.49. The van der Waals surface area contributed by atoms with Gasteiger partial charge in [-0.25, -0.2) is 9.18 Å². The van der Waals surface area contributed by atoms with E-state index in [0.29, 0.717) is 30.8 Å². The van der Waals surface area contributed by atoms with Crippen LogP contribution in [0.3, 0.4) is 0 Å². The lowest BCUT2D eigenvalue weighted by atomic mass is 9.78. The van der Waals surface area contributed by atoms with E-state index in [1.54, 1.807) is 18.2 Å². The summed E-state index contributed by atoms with van der Waals surface area (Å²) in [6.07, 6.45) is -0.606. The minimum absolute atomic E-state index is 0.0937. The fraction of sp³-hybridized carbons (Fsp3) is 0.652. The molecule has 0 radical (unpaired) electrons. The van der Waals surface area contributed by atoms with Crippen LogP contribution in [0.2, 0.25) is 0 Å². The predicted molar refractivity (Wildman–Crippen MR) is 119 cm³/mol. The van der Waals surface area contributed by atoms with Crippen molar-refractivity contribution in [3.63, 3.8) is 0 Å². The smallest absolute Gasteiger partial charge is 0.486 e. The number of hydrogen-bond donors (Lipinski definition) is 0. The lowest BCUT2D eigenvalue weighted by Gasteiger charge is -2.34. The summed E-state index contributed by atoms with van der Waals surface area (Å²) in [4.78, 5) is 13.4. The van der Waals surface area contributed by atoms with Gasteiger partial charge in [0.05, 0.1) is 29.9 Å². The van der Waals surface area contributed by atoms with E-state index in [0.717, 1.165) is 12.8 Å². The van der Waals surface area contributed by atoms with Gasteiger partial charge in [-0.2, -0.15) is 5.26 Å². The van der Waals surface area contributed by atoms with Crippen molar-refractivity contribution in [3.8, 4) is 11.8 Å². The molecule has 1 aromatic carbocycles. The van der Waals surface area contributed by atoms with Crippen molar-refractivity contribution in [2.75, 3.05) is 19.7 Å². The first-order valence-electron chi connectivity index (χ1n) is 11.2. The highest BCUT2D eigenvalue weighted by molar-refractivity contribution is 6.62. The SMILES string of the molecule is CCCCOC(=O)N1CCC(Oc2ccc(B3OC(C)(C)C(C)(C)O3)cc2C#N)C(F)C1. The molecule has 32 heavy (non-hydrogen) atoms. The summed E-state index contributed by atoms with van der Waals surface area (Å²) < 4.78 is 37.9. The van der Waals surface area contributed by atoms with Crippen LogP contribution in [0.1, 0.15) is 59.4 Å². The zero-order valence-corrected chi connectivity index (χ0v) is 19.5. The number of rotatable bonds is 6. The summed E-state index contributed by atoms with van der Waals surface area (Å²) in [6, 6.07) is 7.20. The molecule has 2 atom stereocenters. The molecule has 2 aliphatic rings. The Labute approximate surface area is 189 Å². The number of carbonyl (C=O) groups is 1. The number of ether oxygens (including phenoxy) is 2. The van der Waals surface area contributed by atoms with E-state index in [1.165, 1.54) is 4.90 Å². The Morgan fingerprint density at radius 2 is 2.00 bits per heavy atom. The molecule has 174 valence electrons. The average Bonchev–Trinajstić information content (AvgIpc) is 2.96. The predicted octanol–water partition coefficient (Wildman–Crippen LogP) is 3.59. The fourth-order valence-electron chi connectivity index (χ4n) is 3.60. The maximum atomic E-state index is 14.8. The third kappa shape index (κ3) is 5.19. The van der Waals surface area contributed by atoms with E-state index in [-0.39, 0.29) is 12.1 Å². The highest BCUT2D eigenvalue weighted by atomic mass is 19.1. The number of amides is 1. The fourth-order valence-corrected chi connectivity index (χ4v) is 3.60. The number of nitrogens with zero attached hydrogens (tertiary/aromatic N) is 2. The minimum atomic E-state index is -1.38. The van der Waals surface area contributed by atoms with Gasteiger partial charge in [0.1, 0.15) is 17.9 Å². The molecule has 0 aliphatic carbocycles. The molecule has 0 bridgehead atoms. The molecule has 7 nitrogen and oxygen atoms in total. The molecule has 0 N–H and O–H groups in total. The Hall–Kier alpha value is -2.31. The zero-order valence-electron chi connectivity index (χ0n) is 19.5. The largest absolute Gasteiger partial charge is 0.494 e. The number of nitriles is 1. The highest BCUT2D eigenvalue weighted by Gasteiger charge is 2.51. The molecule has 9 heteroatoms. The number of carbonyl (C=O) groups excluding carboxylic acids is 1. The summed E-state index contributed by atoms with van der Waals surface area (Å²) in [6.45, 7) is 10.4. The minimum Gasteiger partial charge on any atom is -0.486 e. The van der Waals surface area contributed by atoms with Gasteiger partial charge in [-0.3, -0.25) is 0 Å². The van der Waals surface area contributed by atoms with Crippen molar-refractivity contribution < 1.29 is 28.0 Å². The first-order valence-corrected chi connectivity index (χ1v) is 11.2. The third-order valence-electron chi connectivity index (χ3n) is 6.39. The van der Waals surface area contributed by atoms with Crippen LogP contribution >= 0.6 is 0 Å². The molecular formula is C23H32BFN2O5. The molecule has 2 fully saturated rings. The Morgan fingerprint density at radius 3 is 2.59 bits per heavy atom. The van der Waals surface area contributed by atoms with Crippen LogP contribution in [-0.2, 0) is 14.0 Å². The van der Waals surface area contributed by atoms with E-state index in [2.05, 4.69) is 6.07 Å². The summed E-state index contributed by atoms with van der Waals surface area (Å²) in [5, 5.41) is 9.63. The lowest BCUT2D eigenvalue weighted by molar-refractivity contribution is 0.00578. The van der Waals surface area contributed by atoms with Crippen LogP contribution < -0.4 is 10.2 Å². The number of hydrogen-bond acceptors (Lipinski definition) is 6. The van der Waals surface area contributed by atoms with Crippen LogP contribution in [0.4, 0.5) is 9.18 Å². The molecule has 0 aromatic heterocycles. The third-order valence-corrected chi connectivity index (χ3v) is 6.39. The number of benzene rings is 1. The van der Waals surface area contributed by atoms with Crippen molar-refractivity contribution in [1.29, 1.82) is 5.26 Å². The second-order valence-electron chi connectivity index (χ2n) is 9.33. The van der Waals surface area contributed by atoms with Crippen LogP contribution in [-0.4, -0.2) is 61.3 Å². The Bertz CT molecular complexity index is 856. The zero-order chi connectivity index (χ0) is 23.5. The first kappa shape index (κ1) is 24.3. The Morgan fingerprint density at radius 1 is 1.31 bits per heavy atom. The van der Waals surface area contributed by atoms with Crippen molar-refractivity contribution in [1.82, 2.24) is 4.90 Å². The van der Waals surface area contributed by atoms with E-state index in [4.69, 9.17) is 18.8 Å². The standard InChI is InChI=1S/C23H32BFN2O5/c1-6-7-12-29-21(28)27-11-10-20(18(25)15-27)30-19-9-8-17(13-16(19)14-26)24-31-22(2,3)23(4,5)32-24/h8-9,13,18,20H,6-7,10-12,15H2,1-5H3. The number of piperidine rings is 1. The molecule has 2 saturated heterocycles. The summed E-state index contributed by atoms with van der Waals surface area (Å²) in [7, 11) is -0.600. The quantitative estimate of drug-likeness (QED) is 0.491. The number of alkyl halides is 1. The summed E-state index contributed by atoms with van der Waals surface area (Å²) in [5.41, 5.74) is -0.000667. The maximum absolute atomic E-state index is 14.8. The molecule has 3 rings (SSSR count). The van der Waals surface area contributed by atoms with Crippen LogP contribution in [0.5, 0.6) is 5.75 Å². The average molecular weight is 446 g/mol. The summed E-state index contributed by atoms with van der Waals surface area (Å²) >= 11 is 0. The van der Waals surface area contributed by atoms with Gasteiger partial charge in [0.25, 0.3) is 0 Å². The highest BCUT2D eigenvalue weighted by Crippen LogP contribution is 2.36. The van der Waals surface area contributed by atoms with Gasteiger partial charge >= 0.3 is 13.2 Å². The maximum Gasteiger partial charge on any atom is 0.494 e. The normalized spacial score (nSPS) is 24.2. The van der Waals surface area contributed by atoms with Gasteiger partial charge in [0.2, 0.25) is 0 Å². The van der Waals surface area contributed by atoms with Crippen molar-refractivity contribution in [2.24, 2.45) is 0 Å². The van der Waals surface area contributed by atoms with Gasteiger partial charge in [-0.15, -0.1) is 0 Å². The second-order valence-corrected chi connectivity index (χ2v) is 9.33. The van der Waals surface area contributed by atoms with E-state index in [9.17, 15) is 14.4 Å². The Balaban J connectivity index is 1.63. The van der Waals surface area contributed by atoms with E-state index >= 15 is 0 Å². The van der Waals surface area contributed by atoms with Gasteiger partial charge in [-0.1, -0.05) is 19.4 Å². The summed E-state index contributed by atoms with van der Waals surface area (Å²) in [5.74, 6) is 0.305. The molecule has 2 unspecified atom stereocenters.